The maximum atomic E-state index is 11.5. The van der Waals surface area contributed by atoms with E-state index in [1.807, 2.05) is 16.9 Å². The molecule has 1 aromatic heterocycles. The van der Waals surface area contributed by atoms with Crippen molar-refractivity contribution >= 4 is 5.91 Å². The lowest BCUT2D eigenvalue weighted by molar-refractivity contribution is -0.123. The number of nitrogens with two attached hydrogens (primary N) is 1. The Kier molecular flexibility index (Phi) is 4.58. The Morgan fingerprint density at radius 2 is 2.47 bits per heavy atom. The number of rotatable bonds is 5. The van der Waals surface area contributed by atoms with Crippen molar-refractivity contribution in [3.8, 4) is 0 Å². The summed E-state index contributed by atoms with van der Waals surface area (Å²) in [5.41, 5.74) is 6.51. The molecule has 5 nitrogen and oxygen atoms in total. The van der Waals surface area contributed by atoms with Crippen molar-refractivity contribution in [3.63, 3.8) is 0 Å². The van der Waals surface area contributed by atoms with Gasteiger partial charge in [-0.2, -0.15) is 5.10 Å². The highest BCUT2D eigenvalue weighted by Crippen LogP contribution is 2.19. The van der Waals surface area contributed by atoms with E-state index in [0.717, 1.165) is 37.9 Å². The molecule has 0 aliphatic carbocycles. The largest absolute Gasteiger partial charge is 0.369 e. The summed E-state index contributed by atoms with van der Waals surface area (Å²) < 4.78 is 2.00. The van der Waals surface area contributed by atoms with Crippen LogP contribution in [0.3, 0.4) is 0 Å². The van der Waals surface area contributed by atoms with E-state index < -0.39 is 0 Å². The summed E-state index contributed by atoms with van der Waals surface area (Å²) >= 11 is 0. The molecule has 1 aliphatic heterocycles. The molecule has 0 radical (unpaired) electrons. The molecule has 1 fully saturated rings. The highest BCUT2D eigenvalue weighted by Gasteiger charge is 2.29. The molecule has 1 saturated heterocycles. The first-order valence-electron chi connectivity index (χ1n) is 7.18. The lowest BCUT2D eigenvalue weighted by Crippen LogP contribution is -2.48. The Morgan fingerprint density at radius 1 is 1.68 bits per heavy atom. The number of hydrogen-bond acceptors (Lipinski definition) is 3. The summed E-state index contributed by atoms with van der Waals surface area (Å²) in [6.45, 7) is 5.26. The third kappa shape index (κ3) is 3.35. The van der Waals surface area contributed by atoms with Gasteiger partial charge in [0.1, 0.15) is 0 Å². The lowest BCUT2D eigenvalue weighted by atomic mass is 9.87. The van der Waals surface area contributed by atoms with Crippen molar-refractivity contribution < 1.29 is 4.79 Å². The van der Waals surface area contributed by atoms with Crippen LogP contribution in [0.15, 0.2) is 12.3 Å². The fourth-order valence-electron chi connectivity index (χ4n) is 2.65. The minimum absolute atomic E-state index is 0.0671. The molecule has 1 aromatic rings. The van der Waals surface area contributed by atoms with E-state index in [1.165, 1.54) is 0 Å². The standard InChI is InChI=1S/C14H24N4O/c1-3-10(2)18-8-6-11(17-18)9-13-12(14(15)19)5-4-7-16-13/h6,8,10,12-13,16H,3-5,7,9H2,1-2H3,(H2,15,19). The number of amides is 1. The fraction of sp³-hybridized carbons (Fsp3) is 0.714. The normalized spacial score (nSPS) is 25.2. The number of primary amides is 1. The second-order valence-electron chi connectivity index (χ2n) is 5.46. The molecule has 2 heterocycles. The van der Waals surface area contributed by atoms with E-state index >= 15 is 0 Å². The third-order valence-electron chi connectivity index (χ3n) is 4.08. The average molecular weight is 264 g/mol. The van der Waals surface area contributed by atoms with E-state index in [0.29, 0.717) is 6.04 Å². The van der Waals surface area contributed by atoms with Gasteiger partial charge in [0, 0.05) is 24.7 Å². The second kappa shape index (κ2) is 6.19. The molecule has 3 atom stereocenters. The minimum atomic E-state index is -0.196. The molecule has 106 valence electrons. The SMILES string of the molecule is CCC(C)n1ccc(CC2NCCCC2C(N)=O)n1. The molecule has 5 heteroatoms. The summed E-state index contributed by atoms with van der Waals surface area (Å²) in [6, 6.07) is 2.59. The van der Waals surface area contributed by atoms with Gasteiger partial charge in [-0.3, -0.25) is 9.48 Å². The summed E-state index contributed by atoms with van der Waals surface area (Å²) in [6.07, 6.45) is 5.76. The van der Waals surface area contributed by atoms with Crippen molar-refractivity contribution in [3.05, 3.63) is 18.0 Å². The minimum Gasteiger partial charge on any atom is -0.369 e. The van der Waals surface area contributed by atoms with Crippen LogP contribution in [0.2, 0.25) is 0 Å². The Labute approximate surface area is 114 Å². The average Bonchev–Trinajstić information content (AvgIpc) is 2.86. The van der Waals surface area contributed by atoms with Crippen LogP contribution in [0, 0.1) is 5.92 Å². The number of nitrogens with one attached hydrogen (secondary N) is 1. The third-order valence-corrected chi connectivity index (χ3v) is 4.08. The Balaban J connectivity index is 2.02. The van der Waals surface area contributed by atoms with E-state index in [1.54, 1.807) is 0 Å². The molecular weight excluding hydrogens is 240 g/mol. The van der Waals surface area contributed by atoms with Crippen LogP contribution < -0.4 is 11.1 Å². The van der Waals surface area contributed by atoms with Gasteiger partial charge in [0.15, 0.2) is 0 Å². The second-order valence-corrected chi connectivity index (χ2v) is 5.46. The predicted molar refractivity (Wildman–Crippen MR) is 74.6 cm³/mol. The molecule has 1 amide bonds. The molecule has 19 heavy (non-hydrogen) atoms. The van der Waals surface area contributed by atoms with E-state index in [2.05, 4.69) is 24.3 Å². The Hall–Kier alpha value is -1.36. The smallest absolute Gasteiger partial charge is 0.222 e. The van der Waals surface area contributed by atoms with Gasteiger partial charge < -0.3 is 11.1 Å². The molecule has 1 aliphatic rings. The number of nitrogens with zero attached hydrogens (tertiary/aromatic N) is 2. The fourth-order valence-corrected chi connectivity index (χ4v) is 2.65. The zero-order chi connectivity index (χ0) is 13.8. The summed E-state index contributed by atoms with van der Waals surface area (Å²) in [5, 5.41) is 7.99. The van der Waals surface area contributed by atoms with Crippen LogP contribution in [-0.2, 0) is 11.2 Å². The van der Waals surface area contributed by atoms with Crippen LogP contribution in [0.25, 0.3) is 0 Å². The van der Waals surface area contributed by atoms with Crippen molar-refractivity contribution in [2.75, 3.05) is 6.54 Å². The maximum Gasteiger partial charge on any atom is 0.222 e. The van der Waals surface area contributed by atoms with Crippen LogP contribution in [-0.4, -0.2) is 28.3 Å². The number of hydrogen-bond donors (Lipinski definition) is 2. The van der Waals surface area contributed by atoms with Crippen molar-refractivity contribution in [1.82, 2.24) is 15.1 Å². The first-order chi connectivity index (χ1) is 9.11. The van der Waals surface area contributed by atoms with Crippen molar-refractivity contribution in [1.29, 1.82) is 0 Å². The topological polar surface area (TPSA) is 72.9 Å². The number of aromatic nitrogens is 2. The molecule has 3 N–H and O–H groups in total. The molecule has 0 spiro atoms. The maximum absolute atomic E-state index is 11.5. The Morgan fingerprint density at radius 3 is 3.16 bits per heavy atom. The van der Waals surface area contributed by atoms with Gasteiger partial charge in [-0.05, 0) is 38.8 Å². The molecule has 0 bridgehead atoms. The molecule has 0 saturated carbocycles. The molecule has 0 aromatic carbocycles. The number of piperidine rings is 1. The summed E-state index contributed by atoms with van der Waals surface area (Å²) in [7, 11) is 0. The van der Waals surface area contributed by atoms with Crippen molar-refractivity contribution in [2.45, 2.75) is 51.6 Å². The predicted octanol–water partition coefficient (Wildman–Crippen LogP) is 1.25. The monoisotopic (exact) mass is 264 g/mol. The number of carbonyl (C=O) groups is 1. The molecule has 3 unspecified atom stereocenters. The first-order valence-corrected chi connectivity index (χ1v) is 7.18. The van der Waals surface area contributed by atoms with Crippen molar-refractivity contribution in [2.24, 2.45) is 11.7 Å². The van der Waals surface area contributed by atoms with Crippen LogP contribution in [0.5, 0.6) is 0 Å². The van der Waals surface area contributed by atoms with Crippen LogP contribution >= 0.6 is 0 Å². The first kappa shape index (κ1) is 14.1. The van der Waals surface area contributed by atoms with Gasteiger partial charge in [0.05, 0.1) is 11.6 Å². The number of carbonyl (C=O) groups excluding carboxylic acids is 1. The van der Waals surface area contributed by atoms with E-state index in [9.17, 15) is 4.79 Å². The van der Waals surface area contributed by atoms with Gasteiger partial charge in [0.2, 0.25) is 5.91 Å². The highest BCUT2D eigenvalue weighted by atomic mass is 16.1. The van der Waals surface area contributed by atoms with Gasteiger partial charge in [-0.1, -0.05) is 6.92 Å². The van der Waals surface area contributed by atoms with Crippen LogP contribution in [0.4, 0.5) is 0 Å². The molecule has 2 rings (SSSR count). The Bertz CT molecular complexity index is 429. The van der Waals surface area contributed by atoms with Gasteiger partial charge in [-0.15, -0.1) is 0 Å². The van der Waals surface area contributed by atoms with E-state index in [4.69, 9.17) is 5.73 Å². The van der Waals surface area contributed by atoms with Crippen LogP contribution in [0.1, 0.15) is 44.8 Å². The quantitative estimate of drug-likeness (QED) is 0.840. The van der Waals surface area contributed by atoms with Gasteiger partial charge in [0.25, 0.3) is 0 Å². The van der Waals surface area contributed by atoms with Gasteiger partial charge in [-0.25, -0.2) is 0 Å². The zero-order valence-electron chi connectivity index (χ0n) is 11.8. The highest BCUT2D eigenvalue weighted by molar-refractivity contribution is 5.77. The summed E-state index contributed by atoms with van der Waals surface area (Å²) in [5.74, 6) is -0.263. The van der Waals surface area contributed by atoms with E-state index in [-0.39, 0.29) is 17.9 Å². The summed E-state index contributed by atoms with van der Waals surface area (Å²) in [4.78, 5) is 11.5. The van der Waals surface area contributed by atoms with Gasteiger partial charge >= 0.3 is 0 Å². The molecular formula is C14H24N4O. The zero-order valence-corrected chi connectivity index (χ0v) is 11.8. The lowest BCUT2D eigenvalue weighted by Gasteiger charge is -2.30.